The molecular formula is C17H15ClN4OS. The summed E-state index contributed by atoms with van der Waals surface area (Å²) < 4.78 is 0. The van der Waals surface area contributed by atoms with Gasteiger partial charge in [-0.05, 0) is 23.3 Å². The van der Waals surface area contributed by atoms with Crippen LogP contribution in [0.5, 0.6) is 0 Å². The maximum atomic E-state index is 12.1. The van der Waals surface area contributed by atoms with Crippen LogP contribution in [0.25, 0.3) is 0 Å². The molecule has 1 aromatic carbocycles. The zero-order valence-electron chi connectivity index (χ0n) is 12.7. The third-order valence-electron chi connectivity index (χ3n) is 3.30. The number of halogens is 1. The summed E-state index contributed by atoms with van der Waals surface area (Å²) in [5.41, 5.74) is 2.32. The Kier molecular flexibility index (Phi) is 5.40. The number of anilines is 1. The van der Waals surface area contributed by atoms with Crippen molar-refractivity contribution in [2.75, 3.05) is 5.32 Å². The molecule has 0 spiro atoms. The molecule has 0 atom stereocenters. The van der Waals surface area contributed by atoms with Gasteiger partial charge in [0, 0.05) is 35.9 Å². The summed E-state index contributed by atoms with van der Waals surface area (Å²) in [6.07, 6.45) is 3.42. The van der Waals surface area contributed by atoms with Gasteiger partial charge < -0.3 is 10.6 Å². The van der Waals surface area contributed by atoms with E-state index in [0.717, 1.165) is 11.1 Å². The van der Waals surface area contributed by atoms with Crippen molar-refractivity contribution in [2.24, 2.45) is 0 Å². The highest BCUT2D eigenvalue weighted by molar-refractivity contribution is 7.13. The highest BCUT2D eigenvalue weighted by Crippen LogP contribution is 2.19. The van der Waals surface area contributed by atoms with Crippen molar-refractivity contribution in [3.05, 3.63) is 76.0 Å². The van der Waals surface area contributed by atoms with Crippen molar-refractivity contribution in [2.45, 2.75) is 13.1 Å². The first-order valence-electron chi connectivity index (χ1n) is 7.32. The van der Waals surface area contributed by atoms with Crippen LogP contribution in [-0.2, 0) is 13.1 Å². The lowest BCUT2D eigenvalue weighted by molar-refractivity contribution is 0.0946. The van der Waals surface area contributed by atoms with Gasteiger partial charge in [0.1, 0.15) is 5.69 Å². The van der Waals surface area contributed by atoms with Gasteiger partial charge in [-0.2, -0.15) is 0 Å². The van der Waals surface area contributed by atoms with Crippen molar-refractivity contribution in [3.8, 4) is 0 Å². The van der Waals surface area contributed by atoms with E-state index in [1.807, 2.05) is 36.4 Å². The fraction of sp³-hybridized carbons (Fsp3) is 0.118. The van der Waals surface area contributed by atoms with E-state index in [4.69, 9.17) is 11.6 Å². The van der Waals surface area contributed by atoms with Crippen molar-refractivity contribution in [1.29, 1.82) is 0 Å². The van der Waals surface area contributed by atoms with Gasteiger partial charge in [0.15, 0.2) is 5.13 Å². The topological polar surface area (TPSA) is 66.9 Å². The molecule has 24 heavy (non-hydrogen) atoms. The molecule has 0 fully saturated rings. The summed E-state index contributed by atoms with van der Waals surface area (Å²) in [5, 5.41) is 9.13. The van der Waals surface area contributed by atoms with Crippen LogP contribution in [0.4, 0.5) is 5.13 Å². The van der Waals surface area contributed by atoms with Crippen LogP contribution in [0.3, 0.4) is 0 Å². The smallest absolute Gasteiger partial charge is 0.271 e. The van der Waals surface area contributed by atoms with E-state index in [-0.39, 0.29) is 5.91 Å². The Morgan fingerprint density at radius 3 is 2.83 bits per heavy atom. The Bertz CT molecular complexity index is 822. The molecule has 122 valence electrons. The Morgan fingerprint density at radius 2 is 2.04 bits per heavy atom. The number of benzene rings is 1. The number of pyridine rings is 1. The maximum absolute atomic E-state index is 12.1. The van der Waals surface area contributed by atoms with Gasteiger partial charge >= 0.3 is 0 Å². The first-order valence-corrected chi connectivity index (χ1v) is 8.58. The van der Waals surface area contributed by atoms with Crippen molar-refractivity contribution in [1.82, 2.24) is 15.3 Å². The fourth-order valence-electron chi connectivity index (χ4n) is 2.05. The number of carbonyl (C=O) groups excluding carboxylic acids is 1. The van der Waals surface area contributed by atoms with Gasteiger partial charge in [0.25, 0.3) is 5.91 Å². The third-order valence-corrected chi connectivity index (χ3v) is 4.47. The van der Waals surface area contributed by atoms with E-state index in [9.17, 15) is 4.79 Å². The molecule has 0 aliphatic heterocycles. The molecule has 2 aromatic heterocycles. The normalized spacial score (nSPS) is 10.4. The lowest BCUT2D eigenvalue weighted by Crippen LogP contribution is -2.23. The third kappa shape index (κ3) is 4.31. The van der Waals surface area contributed by atoms with E-state index in [0.29, 0.717) is 28.9 Å². The minimum absolute atomic E-state index is 0.208. The van der Waals surface area contributed by atoms with Crippen LogP contribution in [0.15, 0.2) is 54.2 Å². The fourth-order valence-corrected chi connectivity index (χ4v) is 2.94. The zero-order chi connectivity index (χ0) is 16.8. The van der Waals surface area contributed by atoms with Gasteiger partial charge in [0.2, 0.25) is 0 Å². The van der Waals surface area contributed by atoms with Gasteiger partial charge in [0.05, 0.1) is 0 Å². The van der Waals surface area contributed by atoms with Crippen LogP contribution < -0.4 is 10.6 Å². The highest BCUT2D eigenvalue weighted by Gasteiger charge is 2.10. The number of hydrogen-bond acceptors (Lipinski definition) is 5. The Hall–Kier alpha value is -2.44. The molecule has 0 aliphatic carbocycles. The van der Waals surface area contributed by atoms with Crippen LogP contribution in [0.2, 0.25) is 5.02 Å². The monoisotopic (exact) mass is 358 g/mol. The quantitative estimate of drug-likeness (QED) is 0.704. The standard InChI is InChI=1S/C17H15ClN4OS/c18-14-6-2-1-5-13(14)10-21-17-22-15(11-24-17)16(23)20-9-12-4-3-7-19-8-12/h1-8,11H,9-10H2,(H,20,23)(H,21,22). The largest absolute Gasteiger partial charge is 0.357 e. The van der Waals surface area contributed by atoms with Gasteiger partial charge in [-0.1, -0.05) is 35.9 Å². The van der Waals surface area contributed by atoms with E-state index in [1.54, 1.807) is 17.8 Å². The van der Waals surface area contributed by atoms with Gasteiger partial charge in [-0.15, -0.1) is 11.3 Å². The summed E-state index contributed by atoms with van der Waals surface area (Å²) in [6, 6.07) is 11.4. The number of rotatable bonds is 6. The number of amides is 1. The minimum atomic E-state index is -0.208. The molecule has 7 heteroatoms. The summed E-state index contributed by atoms with van der Waals surface area (Å²) in [4.78, 5) is 20.4. The van der Waals surface area contributed by atoms with Crippen LogP contribution >= 0.6 is 22.9 Å². The molecule has 0 unspecified atom stereocenters. The van der Waals surface area contributed by atoms with E-state index in [2.05, 4.69) is 20.6 Å². The Morgan fingerprint density at radius 1 is 1.17 bits per heavy atom. The lowest BCUT2D eigenvalue weighted by Gasteiger charge is -2.05. The van der Waals surface area contributed by atoms with Crippen molar-refractivity contribution >= 4 is 34.0 Å². The minimum Gasteiger partial charge on any atom is -0.357 e. The summed E-state index contributed by atoms with van der Waals surface area (Å²) >= 11 is 7.51. The molecular weight excluding hydrogens is 344 g/mol. The predicted molar refractivity (Wildman–Crippen MR) is 96.3 cm³/mol. The van der Waals surface area contributed by atoms with E-state index >= 15 is 0 Å². The summed E-state index contributed by atoms with van der Waals surface area (Å²) in [5.74, 6) is -0.208. The molecule has 1 amide bonds. The number of carbonyl (C=O) groups is 1. The predicted octanol–water partition coefficient (Wildman–Crippen LogP) is 3.73. The first-order chi connectivity index (χ1) is 11.7. The zero-order valence-corrected chi connectivity index (χ0v) is 14.3. The molecule has 2 N–H and O–H groups in total. The second kappa shape index (κ2) is 7.90. The number of nitrogens with one attached hydrogen (secondary N) is 2. The average molecular weight is 359 g/mol. The molecule has 2 heterocycles. The Balaban J connectivity index is 1.55. The first kappa shape index (κ1) is 16.4. The maximum Gasteiger partial charge on any atom is 0.271 e. The average Bonchev–Trinajstić information content (AvgIpc) is 3.09. The molecule has 0 aliphatic rings. The second-order valence-corrected chi connectivity index (χ2v) is 6.29. The molecule has 3 aromatic rings. The van der Waals surface area contributed by atoms with E-state index in [1.165, 1.54) is 11.3 Å². The molecule has 0 bridgehead atoms. The molecule has 0 saturated carbocycles. The van der Waals surface area contributed by atoms with Gasteiger partial charge in [-0.25, -0.2) is 4.98 Å². The molecule has 5 nitrogen and oxygen atoms in total. The number of nitrogens with zero attached hydrogens (tertiary/aromatic N) is 2. The summed E-state index contributed by atoms with van der Waals surface area (Å²) in [6.45, 7) is 0.983. The SMILES string of the molecule is O=C(NCc1cccnc1)c1csc(NCc2ccccc2Cl)n1. The molecule has 3 rings (SSSR count). The summed E-state index contributed by atoms with van der Waals surface area (Å²) in [7, 11) is 0. The van der Waals surface area contributed by atoms with Crippen molar-refractivity contribution in [3.63, 3.8) is 0 Å². The number of thiazole rings is 1. The molecule has 0 radical (unpaired) electrons. The van der Waals surface area contributed by atoms with Crippen LogP contribution in [-0.4, -0.2) is 15.9 Å². The second-order valence-electron chi connectivity index (χ2n) is 5.03. The van der Waals surface area contributed by atoms with E-state index < -0.39 is 0 Å². The Labute approximate surface area is 148 Å². The lowest BCUT2D eigenvalue weighted by atomic mass is 10.2. The van der Waals surface area contributed by atoms with Crippen LogP contribution in [0, 0.1) is 0 Å². The highest BCUT2D eigenvalue weighted by atomic mass is 35.5. The molecule has 0 saturated heterocycles. The number of hydrogen-bond donors (Lipinski definition) is 2. The number of aromatic nitrogens is 2. The van der Waals surface area contributed by atoms with Crippen molar-refractivity contribution < 1.29 is 4.79 Å². The van der Waals surface area contributed by atoms with Crippen LogP contribution in [0.1, 0.15) is 21.6 Å². The van der Waals surface area contributed by atoms with Gasteiger partial charge in [-0.3, -0.25) is 9.78 Å².